The minimum atomic E-state index is -0.0132. The lowest BCUT2D eigenvalue weighted by Gasteiger charge is -2.18. The average molecular weight is 306 g/mol. The van der Waals surface area contributed by atoms with Crippen molar-refractivity contribution in [2.75, 3.05) is 6.61 Å². The zero-order valence-corrected chi connectivity index (χ0v) is 10.7. The third-order valence-electron chi connectivity index (χ3n) is 2.09. The lowest BCUT2D eigenvalue weighted by atomic mass is 10.0. The molecular formula is C10H6BrClO2S. The van der Waals surface area contributed by atoms with E-state index in [0.717, 1.165) is 15.9 Å². The van der Waals surface area contributed by atoms with Crippen molar-refractivity contribution >= 4 is 43.4 Å². The fourth-order valence-electron chi connectivity index (χ4n) is 1.34. The maximum absolute atomic E-state index is 11.9. The molecule has 0 fully saturated rings. The number of carbonyl (C=O) groups is 1. The van der Waals surface area contributed by atoms with E-state index in [2.05, 4.69) is 15.9 Å². The second-order valence-corrected chi connectivity index (χ2v) is 4.53. The summed E-state index contributed by atoms with van der Waals surface area (Å²) < 4.78 is 5.43. The molecule has 2 rings (SSSR count). The van der Waals surface area contributed by atoms with Crippen LogP contribution in [-0.4, -0.2) is 12.4 Å². The highest BCUT2D eigenvalue weighted by molar-refractivity contribution is 9.11. The first kappa shape index (κ1) is 11.0. The molecule has 0 aromatic heterocycles. The van der Waals surface area contributed by atoms with Crippen molar-refractivity contribution in [3.8, 4) is 5.75 Å². The van der Waals surface area contributed by atoms with Gasteiger partial charge in [-0.2, -0.15) is 0 Å². The normalized spacial score (nSPS) is 17.5. The first-order chi connectivity index (χ1) is 7.26. The van der Waals surface area contributed by atoms with Gasteiger partial charge in [-0.3, -0.25) is 4.79 Å². The molecule has 0 aliphatic carbocycles. The number of rotatable bonds is 1. The van der Waals surface area contributed by atoms with Crippen molar-refractivity contribution in [2.24, 2.45) is 0 Å². The van der Waals surface area contributed by atoms with Crippen LogP contribution in [0.25, 0.3) is 0 Å². The summed E-state index contributed by atoms with van der Waals surface area (Å²) in [5.41, 5.74) is 1.18. The molecule has 0 atom stereocenters. The van der Waals surface area contributed by atoms with Gasteiger partial charge in [0, 0.05) is 10.5 Å². The minimum absolute atomic E-state index is 0.0132. The highest BCUT2D eigenvalue weighted by Gasteiger charge is 2.23. The molecule has 1 aromatic carbocycles. The number of hydrogen-bond donors (Lipinski definition) is 0. The second kappa shape index (κ2) is 4.60. The number of ketones is 1. The van der Waals surface area contributed by atoms with Gasteiger partial charge in [0.1, 0.15) is 12.4 Å². The van der Waals surface area contributed by atoms with E-state index in [1.54, 1.807) is 17.1 Å². The molecule has 0 bridgehead atoms. The molecule has 0 saturated heterocycles. The highest BCUT2D eigenvalue weighted by atomic mass is 79.9. The van der Waals surface area contributed by atoms with Gasteiger partial charge < -0.3 is 4.74 Å². The van der Waals surface area contributed by atoms with E-state index in [1.807, 2.05) is 6.07 Å². The molecule has 0 spiro atoms. The first-order valence-electron chi connectivity index (χ1n) is 4.15. The number of ether oxygens (including phenoxy) is 1. The smallest absolute Gasteiger partial charge is 0.196 e. The second-order valence-electron chi connectivity index (χ2n) is 2.99. The summed E-state index contributed by atoms with van der Waals surface area (Å²) in [4.78, 5) is 14.3. The van der Waals surface area contributed by atoms with Gasteiger partial charge in [0.2, 0.25) is 0 Å². The van der Waals surface area contributed by atoms with Gasteiger partial charge in [0.15, 0.2) is 5.78 Å². The van der Waals surface area contributed by atoms with Crippen LogP contribution in [0.4, 0.5) is 0 Å². The Balaban J connectivity index is 2.49. The van der Waals surface area contributed by atoms with Crippen molar-refractivity contribution < 1.29 is 9.53 Å². The van der Waals surface area contributed by atoms with Crippen LogP contribution in [0.3, 0.4) is 0 Å². The number of Topliss-reactive ketones (excluding diaryl/α,β-unsaturated/α-hetero) is 1. The van der Waals surface area contributed by atoms with Crippen LogP contribution in [0.15, 0.2) is 33.7 Å². The summed E-state index contributed by atoms with van der Waals surface area (Å²) in [6, 6.07) is 5.33. The number of benzene rings is 1. The molecule has 78 valence electrons. The standard InChI is InChI=1S/C10H6BrClO2S/c11-4-6-5-14-9-2-1-7(15-12)3-8(9)10(6)13/h1-4H,5H2/b6-4+. The predicted octanol–water partition coefficient (Wildman–Crippen LogP) is 3.79. The maximum Gasteiger partial charge on any atom is 0.196 e. The van der Waals surface area contributed by atoms with E-state index in [-0.39, 0.29) is 5.78 Å². The highest BCUT2D eigenvalue weighted by Crippen LogP contribution is 2.32. The van der Waals surface area contributed by atoms with Crippen LogP contribution in [-0.2, 0) is 0 Å². The molecule has 0 radical (unpaired) electrons. The van der Waals surface area contributed by atoms with Crippen molar-refractivity contribution in [1.29, 1.82) is 0 Å². The molecule has 1 aromatic rings. The molecule has 5 heteroatoms. The predicted molar refractivity (Wildman–Crippen MR) is 65.0 cm³/mol. The Bertz CT molecular complexity index is 445. The molecular weight excluding hydrogens is 300 g/mol. The van der Waals surface area contributed by atoms with Crippen molar-refractivity contribution in [3.05, 3.63) is 34.3 Å². The van der Waals surface area contributed by atoms with Crippen LogP contribution < -0.4 is 4.74 Å². The van der Waals surface area contributed by atoms with Crippen LogP contribution in [0.1, 0.15) is 10.4 Å². The Morgan fingerprint density at radius 3 is 3.00 bits per heavy atom. The molecule has 1 aliphatic heterocycles. The largest absolute Gasteiger partial charge is 0.488 e. The Labute approximate surface area is 104 Å². The van der Waals surface area contributed by atoms with Crippen molar-refractivity contribution in [2.45, 2.75) is 4.90 Å². The van der Waals surface area contributed by atoms with Gasteiger partial charge in [0.05, 0.1) is 5.56 Å². The molecule has 2 nitrogen and oxygen atoms in total. The molecule has 0 saturated carbocycles. The Morgan fingerprint density at radius 2 is 2.33 bits per heavy atom. The number of hydrogen-bond acceptors (Lipinski definition) is 3. The third-order valence-corrected chi connectivity index (χ3v) is 3.61. The molecule has 1 heterocycles. The maximum atomic E-state index is 11.9. The van der Waals surface area contributed by atoms with E-state index in [4.69, 9.17) is 15.4 Å². The van der Waals surface area contributed by atoms with Crippen LogP contribution >= 0.6 is 37.6 Å². The first-order valence-corrected chi connectivity index (χ1v) is 6.71. The summed E-state index contributed by atoms with van der Waals surface area (Å²) in [6.07, 6.45) is 0. The third kappa shape index (κ3) is 2.07. The summed E-state index contributed by atoms with van der Waals surface area (Å²) in [5.74, 6) is 0.605. The number of fused-ring (bicyclic) bond motifs is 1. The van der Waals surface area contributed by atoms with Gasteiger partial charge >= 0.3 is 0 Å². The van der Waals surface area contributed by atoms with E-state index >= 15 is 0 Å². The topological polar surface area (TPSA) is 26.3 Å². The zero-order chi connectivity index (χ0) is 10.8. The number of carbonyl (C=O) groups excluding carboxylic acids is 1. The van der Waals surface area contributed by atoms with Gasteiger partial charge in [-0.25, -0.2) is 0 Å². The summed E-state index contributed by atoms with van der Waals surface area (Å²) in [7, 11) is 6.71. The lowest BCUT2D eigenvalue weighted by Crippen LogP contribution is -2.18. The molecule has 0 unspecified atom stereocenters. The average Bonchev–Trinajstić information content (AvgIpc) is 2.29. The van der Waals surface area contributed by atoms with Gasteiger partial charge in [-0.05, 0) is 44.8 Å². The van der Waals surface area contributed by atoms with Gasteiger partial charge in [-0.15, -0.1) is 0 Å². The molecule has 1 aliphatic rings. The fourth-order valence-corrected chi connectivity index (χ4v) is 2.25. The number of halogens is 2. The Hall–Kier alpha value is -0.450. The monoisotopic (exact) mass is 304 g/mol. The van der Waals surface area contributed by atoms with E-state index in [1.165, 1.54) is 0 Å². The molecule has 0 N–H and O–H groups in total. The Kier molecular flexibility index (Phi) is 3.38. The summed E-state index contributed by atoms with van der Waals surface area (Å²) in [6.45, 7) is 0.310. The van der Waals surface area contributed by atoms with Crippen LogP contribution in [0, 0.1) is 0 Å². The van der Waals surface area contributed by atoms with Crippen LogP contribution in [0.2, 0.25) is 0 Å². The summed E-state index contributed by atoms with van der Waals surface area (Å²) in [5, 5.41) is 0. The Morgan fingerprint density at radius 1 is 1.53 bits per heavy atom. The quantitative estimate of drug-likeness (QED) is 0.739. The van der Waals surface area contributed by atoms with Gasteiger partial charge in [-0.1, -0.05) is 15.9 Å². The fraction of sp³-hybridized carbons (Fsp3) is 0.100. The van der Waals surface area contributed by atoms with Crippen molar-refractivity contribution in [3.63, 3.8) is 0 Å². The minimum Gasteiger partial charge on any atom is -0.488 e. The van der Waals surface area contributed by atoms with E-state index < -0.39 is 0 Å². The lowest BCUT2D eigenvalue weighted by molar-refractivity contribution is 0.0999. The van der Waals surface area contributed by atoms with Gasteiger partial charge in [0.25, 0.3) is 0 Å². The van der Waals surface area contributed by atoms with E-state index in [0.29, 0.717) is 23.5 Å². The molecule has 15 heavy (non-hydrogen) atoms. The SMILES string of the molecule is O=C1/C(=C/Br)COc2ccc(SCl)cc21. The molecule has 0 amide bonds. The van der Waals surface area contributed by atoms with Crippen molar-refractivity contribution in [1.82, 2.24) is 0 Å². The zero-order valence-electron chi connectivity index (χ0n) is 7.50. The van der Waals surface area contributed by atoms with E-state index in [9.17, 15) is 4.79 Å². The summed E-state index contributed by atoms with van der Waals surface area (Å²) >= 11 is 3.14. The van der Waals surface area contributed by atoms with Crippen LogP contribution in [0.5, 0.6) is 5.75 Å².